The van der Waals surface area contributed by atoms with Crippen molar-refractivity contribution >= 4 is 17.6 Å². The molecule has 1 aromatic heterocycles. The molecule has 4 N–H and O–H groups in total. The van der Waals surface area contributed by atoms with Crippen molar-refractivity contribution in [2.24, 2.45) is 10.7 Å². The second kappa shape index (κ2) is 8.86. The summed E-state index contributed by atoms with van der Waals surface area (Å²) in [7, 11) is 3.60. The molecule has 1 aliphatic heterocycles. The molecule has 7 nitrogen and oxygen atoms in total. The van der Waals surface area contributed by atoms with Gasteiger partial charge in [-0.3, -0.25) is 4.99 Å². The molecule has 1 fully saturated rings. The molecule has 2 heterocycles. The van der Waals surface area contributed by atoms with Crippen molar-refractivity contribution in [1.82, 2.24) is 15.5 Å². The number of aliphatic imine (C=N–C) groups is 1. The Morgan fingerprint density at radius 3 is 2.38 bits per heavy atom. The Balaban J connectivity index is 1.87. The van der Waals surface area contributed by atoms with E-state index in [9.17, 15) is 9.50 Å². The lowest BCUT2D eigenvalue weighted by atomic mass is 9.79. The molecule has 0 radical (unpaired) electrons. The van der Waals surface area contributed by atoms with Gasteiger partial charge in [0, 0.05) is 49.2 Å². The molecule has 8 heteroatoms. The molecule has 0 atom stereocenters. The Kier molecular flexibility index (Phi) is 6.55. The smallest absolute Gasteiger partial charge is 0.151 e. The van der Waals surface area contributed by atoms with Crippen LogP contribution >= 0.6 is 0 Å². The van der Waals surface area contributed by atoms with E-state index in [2.05, 4.69) is 53.1 Å². The maximum absolute atomic E-state index is 14.9. The number of phenols is 1. The van der Waals surface area contributed by atoms with Gasteiger partial charge in [0.25, 0.3) is 0 Å². The number of nitrogens with one attached hydrogen (secondary N) is 1. The number of hydrogen-bond acceptors (Lipinski definition) is 7. The molecular formula is C24H33FN6O. The second-order valence-electron chi connectivity index (χ2n) is 9.70. The van der Waals surface area contributed by atoms with Gasteiger partial charge in [-0.05, 0) is 70.4 Å². The topological polar surface area (TPSA) is 99.7 Å². The third-order valence-corrected chi connectivity index (χ3v) is 5.83. The fraction of sp³-hybridized carbons (Fsp3) is 0.458. The highest BCUT2D eigenvalue weighted by Gasteiger charge is 2.39. The molecule has 3 rings (SSSR count). The van der Waals surface area contributed by atoms with Crippen molar-refractivity contribution < 1.29 is 9.50 Å². The average Bonchev–Trinajstić information content (AvgIpc) is 2.69. The van der Waals surface area contributed by atoms with Crippen LogP contribution in [0.15, 0.2) is 35.5 Å². The molecule has 1 aromatic carbocycles. The maximum atomic E-state index is 14.9. The zero-order valence-electron chi connectivity index (χ0n) is 19.6. The standard InChI is InChI=1S/C24H33FN6O/c1-23(2)11-17(12-24(3,4)30-23)31(6)21-8-7-19(28-29-21)22-18(25)9-15(10-20(22)32)16(13-26)14-27-5/h7-10,13-14,17,30,32H,11-12,26H2,1-6H3. The third-order valence-electron chi connectivity index (χ3n) is 5.83. The van der Waals surface area contributed by atoms with Crippen LogP contribution in [-0.2, 0) is 0 Å². The van der Waals surface area contributed by atoms with Crippen LogP contribution in [0.1, 0.15) is 46.1 Å². The van der Waals surface area contributed by atoms with E-state index in [-0.39, 0.29) is 34.1 Å². The van der Waals surface area contributed by atoms with E-state index in [0.29, 0.717) is 17.0 Å². The zero-order chi connectivity index (χ0) is 23.7. The van der Waals surface area contributed by atoms with Crippen molar-refractivity contribution in [2.75, 3.05) is 19.0 Å². The monoisotopic (exact) mass is 440 g/mol. The van der Waals surface area contributed by atoms with Gasteiger partial charge in [0.2, 0.25) is 0 Å². The summed E-state index contributed by atoms with van der Waals surface area (Å²) in [5, 5.41) is 22.7. The number of nitrogens with two attached hydrogens (primary N) is 1. The summed E-state index contributed by atoms with van der Waals surface area (Å²) < 4.78 is 14.9. The van der Waals surface area contributed by atoms with Crippen LogP contribution in [-0.4, -0.2) is 52.7 Å². The SMILES string of the molecule is CN=CC(=CN)c1cc(O)c(-c2ccc(N(C)C3CC(C)(C)NC(C)(C)C3)nn2)c(F)c1. The normalized spacial score (nSPS) is 18.8. The fourth-order valence-corrected chi connectivity index (χ4v) is 4.74. The summed E-state index contributed by atoms with van der Waals surface area (Å²) >= 11 is 0. The number of phenolic OH excluding ortho intramolecular Hbond substituents is 1. The van der Waals surface area contributed by atoms with Gasteiger partial charge in [-0.25, -0.2) is 4.39 Å². The average molecular weight is 441 g/mol. The van der Waals surface area contributed by atoms with Crippen LogP contribution in [0.4, 0.5) is 10.2 Å². The van der Waals surface area contributed by atoms with Crippen LogP contribution < -0.4 is 16.0 Å². The Morgan fingerprint density at radius 1 is 1.22 bits per heavy atom. The number of aromatic nitrogens is 2. The molecule has 1 aliphatic rings. The number of hydrogen-bond donors (Lipinski definition) is 3. The lowest BCUT2D eigenvalue weighted by molar-refractivity contribution is 0.160. The first kappa shape index (κ1) is 23.7. The maximum Gasteiger partial charge on any atom is 0.151 e. The van der Waals surface area contributed by atoms with E-state index in [1.54, 1.807) is 13.1 Å². The molecule has 1 saturated heterocycles. The lowest BCUT2D eigenvalue weighted by Crippen LogP contribution is -2.62. The summed E-state index contributed by atoms with van der Waals surface area (Å²) in [4.78, 5) is 6.03. The first-order chi connectivity index (χ1) is 15.0. The van der Waals surface area contributed by atoms with E-state index in [4.69, 9.17) is 5.73 Å². The van der Waals surface area contributed by atoms with Gasteiger partial charge < -0.3 is 21.1 Å². The molecule has 0 spiro atoms. The highest BCUT2D eigenvalue weighted by molar-refractivity contribution is 6.09. The van der Waals surface area contributed by atoms with E-state index < -0.39 is 5.82 Å². The Hall–Kier alpha value is -3.00. The van der Waals surface area contributed by atoms with Crippen LogP contribution in [0.2, 0.25) is 0 Å². The molecule has 172 valence electrons. The number of benzene rings is 1. The van der Waals surface area contributed by atoms with Gasteiger partial charge in [0.15, 0.2) is 5.82 Å². The van der Waals surface area contributed by atoms with Crippen LogP contribution in [0, 0.1) is 5.82 Å². The minimum Gasteiger partial charge on any atom is -0.507 e. The predicted molar refractivity (Wildman–Crippen MR) is 128 cm³/mol. The van der Waals surface area contributed by atoms with E-state index in [1.807, 2.05) is 13.1 Å². The predicted octanol–water partition coefficient (Wildman–Crippen LogP) is 3.73. The van der Waals surface area contributed by atoms with Crippen LogP contribution in [0.25, 0.3) is 16.8 Å². The number of allylic oxidation sites excluding steroid dienone is 1. The molecule has 0 amide bonds. The van der Waals surface area contributed by atoms with Gasteiger partial charge >= 0.3 is 0 Å². The molecule has 0 unspecified atom stereocenters. The third kappa shape index (κ3) is 5.07. The number of halogens is 1. The first-order valence-corrected chi connectivity index (χ1v) is 10.7. The summed E-state index contributed by atoms with van der Waals surface area (Å²) in [6.45, 7) is 8.82. The molecule has 0 bridgehead atoms. The number of nitrogens with zero attached hydrogens (tertiary/aromatic N) is 4. The number of rotatable bonds is 5. The minimum absolute atomic E-state index is 0.00399. The molecular weight excluding hydrogens is 407 g/mol. The van der Waals surface area contributed by atoms with Gasteiger partial charge in [0.1, 0.15) is 11.6 Å². The Morgan fingerprint density at radius 2 is 1.88 bits per heavy atom. The Bertz CT molecular complexity index is 990. The number of aromatic hydroxyl groups is 1. The highest BCUT2D eigenvalue weighted by atomic mass is 19.1. The van der Waals surface area contributed by atoms with Gasteiger partial charge in [-0.1, -0.05) is 0 Å². The summed E-state index contributed by atoms with van der Waals surface area (Å²) in [5.41, 5.74) is 6.80. The minimum atomic E-state index is -0.610. The van der Waals surface area contributed by atoms with Crippen molar-refractivity contribution in [2.45, 2.75) is 57.7 Å². The van der Waals surface area contributed by atoms with Crippen molar-refractivity contribution in [1.29, 1.82) is 0 Å². The van der Waals surface area contributed by atoms with E-state index in [1.165, 1.54) is 24.5 Å². The summed E-state index contributed by atoms with van der Waals surface area (Å²) in [6.07, 6.45) is 4.74. The lowest BCUT2D eigenvalue weighted by Gasteiger charge is -2.49. The molecule has 0 saturated carbocycles. The molecule has 0 aliphatic carbocycles. The van der Waals surface area contributed by atoms with Gasteiger partial charge in [0.05, 0.1) is 11.3 Å². The number of piperidine rings is 1. The van der Waals surface area contributed by atoms with E-state index >= 15 is 0 Å². The molecule has 2 aromatic rings. The van der Waals surface area contributed by atoms with Gasteiger partial charge in [-0.15, -0.1) is 10.2 Å². The summed E-state index contributed by atoms with van der Waals surface area (Å²) in [5.74, 6) is -0.140. The van der Waals surface area contributed by atoms with Gasteiger partial charge in [-0.2, -0.15) is 0 Å². The largest absolute Gasteiger partial charge is 0.507 e. The number of anilines is 1. The first-order valence-electron chi connectivity index (χ1n) is 10.7. The zero-order valence-corrected chi connectivity index (χ0v) is 19.6. The fourth-order valence-electron chi connectivity index (χ4n) is 4.74. The van der Waals surface area contributed by atoms with Crippen LogP contribution in [0.3, 0.4) is 0 Å². The highest BCUT2D eigenvalue weighted by Crippen LogP contribution is 2.35. The van der Waals surface area contributed by atoms with Crippen molar-refractivity contribution in [3.63, 3.8) is 0 Å². The van der Waals surface area contributed by atoms with Crippen molar-refractivity contribution in [3.8, 4) is 17.0 Å². The van der Waals surface area contributed by atoms with E-state index in [0.717, 1.165) is 12.8 Å². The Labute approximate surface area is 189 Å². The molecule has 32 heavy (non-hydrogen) atoms. The van der Waals surface area contributed by atoms with Crippen LogP contribution in [0.5, 0.6) is 5.75 Å². The summed E-state index contributed by atoms with van der Waals surface area (Å²) in [6, 6.07) is 6.52. The quantitative estimate of drug-likeness (QED) is 0.613. The second-order valence-corrected chi connectivity index (χ2v) is 9.70. The van der Waals surface area contributed by atoms with Crippen molar-refractivity contribution in [3.05, 3.63) is 41.8 Å².